The van der Waals surface area contributed by atoms with Crippen LogP contribution in [-0.2, 0) is 10.0 Å². The Bertz CT molecular complexity index is 1070. The third-order valence-corrected chi connectivity index (χ3v) is 5.63. The van der Waals surface area contributed by atoms with Gasteiger partial charge in [-0.05, 0) is 60.7 Å². The molecule has 0 atom stereocenters. The molecule has 5 nitrogen and oxygen atoms in total. The van der Waals surface area contributed by atoms with Gasteiger partial charge in [-0.25, -0.2) is 21.9 Å². The lowest BCUT2D eigenvalue weighted by molar-refractivity contribution is 0.0987. The molecule has 29 heavy (non-hydrogen) atoms. The summed E-state index contributed by atoms with van der Waals surface area (Å²) < 4.78 is 53.4. The smallest absolute Gasteiger partial charge is 0.258 e. The molecule has 0 aliphatic carbocycles. The van der Waals surface area contributed by atoms with Crippen molar-refractivity contribution in [1.82, 2.24) is 4.72 Å². The molecule has 1 amide bonds. The summed E-state index contributed by atoms with van der Waals surface area (Å²) in [5.41, 5.74) is 0.847. The molecule has 3 aromatic rings. The van der Waals surface area contributed by atoms with Crippen molar-refractivity contribution >= 4 is 21.6 Å². The summed E-state index contributed by atoms with van der Waals surface area (Å²) in [4.78, 5) is 14.2. The van der Waals surface area contributed by atoms with E-state index in [2.05, 4.69) is 4.72 Å². The SMILES string of the molecule is O=C(c1ccccc1)N(CCNS(=O)(=O)c1ccc(F)cc1)c1ccc(F)cc1. The monoisotopic (exact) mass is 416 g/mol. The quantitative estimate of drug-likeness (QED) is 0.640. The predicted octanol–water partition coefficient (Wildman–Crippen LogP) is 3.59. The second-order valence-electron chi connectivity index (χ2n) is 6.15. The van der Waals surface area contributed by atoms with E-state index in [4.69, 9.17) is 0 Å². The Balaban J connectivity index is 1.77. The third-order valence-electron chi connectivity index (χ3n) is 4.16. The van der Waals surface area contributed by atoms with Crippen LogP contribution < -0.4 is 9.62 Å². The number of benzene rings is 3. The number of carbonyl (C=O) groups excluding carboxylic acids is 1. The van der Waals surface area contributed by atoms with Gasteiger partial charge in [-0.3, -0.25) is 4.79 Å². The highest BCUT2D eigenvalue weighted by atomic mass is 32.2. The topological polar surface area (TPSA) is 66.5 Å². The minimum absolute atomic E-state index is 0.0137. The van der Waals surface area contributed by atoms with Gasteiger partial charge in [0.1, 0.15) is 11.6 Å². The van der Waals surface area contributed by atoms with Gasteiger partial charge >= 0.3 is 0 Å². The van der Waals surface area contributed by atoms with E-state index in [1.54, 1.807) is 30.3 Å². The number of carbonyl (C=O) groups is 1. The fourth-order valence-electron chi connectivity index (χ4n) is 2.69. The van der Waals surface area contributed by atoms with E-state index in [1.165, 1.54) is 29.2 Å². The number of rotatable bonds is 7. The van der Waals surface area contributed by atoms with Crippen molar-refractivity contribution < 1.29 is 22.0 Å². The van der Waals surface area contributed by atoms with Crippen LogP contribution in [0.15, 0.2) is 83.8 Å². The van der Waals surface area contributed by atoms with Crippen molar-refractivity contribution in [3.8, 4) is 0 Å². The molecule has 0 fully saturated rings. The van der Waals surface area contributed by atoms with Gasteiger partial charge in [0, 0.05) is 24.3 Å². The molecule has 150 valence electrons. The zero-order chi connectivity index (χ0) is 20.9. The fourth-order valence-corrected chi connectivity index (χ4v) is 3.72. The highest BCUT2D eigenvalue weighted by Crippen LogP contribution is 2.18. The zero-order valence-electron chi connectivity index (χ0n) is 15.3. The summed E-state index contributed by atoms with van der Waals surface area (Å²) >= 11 is 0. The Kier molecular flexibility index (Phi) is 6.36. The van der Waals surface area contributed by atoms with Gasteiger partial charge in [0.2, 0.25) is 10.0 Å². The molecular formula is C21H18F2N2O3S. The number of halogens is 2. The van der Waals surface area contributed by atoms with Crippen molar-refractivity contribution in [1.29, 1.82) is 0 Å². The first-order chi connectivity index (χ1) is 13.9. The lowest BCUT2D eigenvalue weighted by Crippen LogP contribution is -2.38. The largest absolute Gasteiger partial charge is 0.307 e. The molecule has 0 aromatic heterocycles. The lowest BCUT2D eigenvalue weighted by Gasteiger charge is -2.23. The molecule has 0 bridgehead atoms. The number of hydrogen-bond acceptors (Lipinski definition) is 3. The number of amides is 1. The van der Waals surface area contributed by atoms with Gasteiger partial charge in [0.05, 0.1) is 4.90 Å². The molecule has 0 heterocycles. The van der Waals surface area contributed by atoms with E-state index >= 15 is 0 Å². The minimum Gasteiger partial charge on any atom is -0.307 e. The normalized spacial score (nSPS) is 11.2. The Morgan fingerprint density at radius 2 is 1.38 bits per heavy atom. The molecule has 0 aliphatic heterocycles. The Labute approximate surface area is 167 Å². The van der Waals surface area contributed by atoms with Gasteiger partial charge in [-0.15, -0.1) is 0 Å². The van der Waals surface area contributed by atoms with Crippen LogP contribution in [0.1, 0.15) is 10.4 Å². The van der Waals surface area contributed by atoms with Gasteiger partial charge in [0.15, 0.2) is 0 Å². The number of nitrogens with one attached hydrogen (secondary N) is 1. The minimum atomic E-state index is -3.87. The Morgan fingerprint density at radius 3 is 1.97 bits per heavy atom. The van der Waals surface area contributed by atoms with E-state index in [1.807, 2.05) is 0 Å². The summed E-state index contributed by atoms with van der Waals surface area (Å²) in [6, 6.07) is 18.3. The average Bonchev–Trinajstić information content (AvgIpc) is 2.72. The average molecular weight is 416 g/mol. The van der Waals surface area contributed by atoms with Crippen molar-refractivity contribution in [3.05, 3.63) is 96.1 Å². The van der Waals surface area contributed by atoms with E-state index in [0.717, 1.165) is 24.3 Å². The molecule has 0 unspecified atom stereocenters. The molecule has 3 aromatic carbocycles. The van der Waals surface area contributed by atoms with Gasteiger partial charge in [0.25, 0.3) is 5.91 Å². The van der Waals surface area contributed by atoms with Crippen LogP contribution in [0, 0.1) is 11.6 Å². The maximum atomic E-state index is 13.3. The van der Waals surface area contributed by atoms with Crippen LogP contribution in [0.2, 0.25) is 0 Å². The van der Waals surface area contributed by atoms with E-state index in [0.29, 0.717) is 11.3 Å². The molecule has 8 heteroatoms. The molecular weight excluding hydrogens is 398 g/mol. The third kappa shape index (κ3) is 5.24. The first-order valence-corrected chi connectivity index (χ1v) is 10.2. The molecule has 3 rings (SSSR count). The van der Waals surface area contributed by atoms with Crippen LogP contribution in [0.25, 0.3) is 0 Å². The number of anilines is 1. The number of sulfonamides is 1. The highest BCUT2D eigenvalue weighted by Gasteiger charge is 2.19. The summed E-state index contributed by atoms with van der Waals surface area (Å²) in [5.74, 6) is -1.34. The lowest BCUT2D eigenvalue weighted by atomic mass is 10.2. The van der Waals surface area contributed by atoms with E-state index in [9.17, 15) is 22.0 Å². The summed E-state index contributed by atoms with van der Waals surface area (Å²) in [5, 5.41) is 0. The predicted molar refractivity (Wildman–Crippen MR) is 106 cm³/mol. The van der Waals surface area contributed by atoms with Crippen molar-refractivity contribution in [2.24, 2.45) is 0 Å². The van der Waals surface area contributed by atoms with Gasteiger partial charge in [-0.2, -0.15) is 0 Å². The summed E-state index contributed by atoms with van der Waals surface area (Å²) in [6.07, 6.45) is 0. The van der Waals surface area contributed by atoms with Crippen LogP contribution in [0.4, 0.5) is 14.5 Å². The van der Waals surface area contributed by atoms with Crippen LogP contribution >= 0.6 is 0 Å². The van der Waals surface area contributed by atoms with Crippen LogP contribution in [-0.4, -0.2) is 27.4 Å². The number of nitrogens with zero attached hydrogens (tertiary/aromatic N) is 1. The molecule has 0 aliphatic rings. The van der Waals surface area contributed by atoms with Crippen LogP contribution in [0.5, 0.6) is 0 Å². The molecule has 0 saturated carbocycles. The Hall–Kier alpha value is -3.10. The van der Waals surface area contributed by atoms with Gasteiger partial charge in [-0.1, -0.05) is 18.2 Å². The van der Waals surface area contributed by atoms with Crippen molar-refractivity contribution in [3.63, 3.8) is 0 Å². The molecule has 0 spiro atoms. The fraction of sp³-hybridized carbons (Fsp3) is 0.0952. The standard InChI is InChI=1S/C21H18F2N2O3S/c22-17-6-10-19(11-7-17)25(21(26)16-4-2-1-3-5-16)15-14-24-29(27,28)20-12-8-18(23)9-13-20/h1-13,24H,14-15H2. The van der Waals surface area contributed by atoms with Crippen LogP contribution in [0.3, 0.4) is 0 Å². The molecule has 1 N–H and O–H groups in total. The van der Waals surface area contributed by atoms with E-state index in [-0.39, 0.29) is 23.9 Å². The second kappa shape index (κ2) is 8.93. The molecule has 0 saturated heterocycles. The number of hydrogen-bond donors (Lipinski definition) is 1. The van der Waals surface area contributed by atoms with E-state index < -0.39 is 21.7 Å². The van der Waals surface area contributed by atoms with Gasteiger partial charge < -0.3 is 4.90 Å². The first kappa shape index (κ1) is 20.6. The van der Waals surface area contributed by atoms with Crippen molar-refractivity contribution in [2.75, 3.05) is 18.0 Å². The summed E-state index contributed by atoms with van der Waals surface area (Å²) in [6.45, 7) is -0.0740. The first-order valence-electron chi connectivity index (χ1n) is 8.74. The molecule has 0 radical (unpaired) electrons. The highest BCUT2D eigenvalue weighted by molar-refractivity contribution is 7.89. The summed E-state index contributed by atoms with van der Waals surface area (Å²) in [7, 11) is -3.87. The maximum Gasteiger partial charge on any atom is 0.258 e. The van der Waals surface area contributed by atoms with Crippen molar-refractivity contribution in [2.45, 2.75) is 4.90 Å². The maximum absolute atomic E-state index is 13.3. The Morgan fingerprint density at radius 1 is 0.828 bits per heavy atom. The zero-order valence-corrected chi connectivity index (χ0v) is 16.1. The second-order valence-corrected chi connectivity index (χ2v) is 7.92.